The van der Waals surface area contributed by atoms with Crippen LogP contribution in [0.15, 0.2) is 18.2 Å². The van der Waals surface area contributed by atoms with Crippen molar-refractivity contribution in [1.82, 2.24) is 10.6 Å². The van der Waals surface area contributed by atoms with Gasteiger partial charge >= 0.3 is 6.18 Å². The second-order valence-electron chi connectivity index (χ2n) is 4.60. The smallest absolute Gasteiger partial charge is 0.374 e. The Kier molecular flexibility index (Phi) is 4.79. The lowest BCUT2D eigenvalue weighted by Gasteiger charge is -2.23. The van der Waals surface area contributed by atoms with E-state index in [-0.39, 0.29) is 12.6 Å². The minimum absolute atomic E-state index is 0.0987. The van der Waals surface area contributed by atoms with Crippen molar-refractivity contribution in [1.29, 1.82) is 0 Å². The summed E-state index contributed by atoms with van der Waals surface area (Å²) in [5.74, 6) is -1.89. The topological polar surface area (TPSA) is 50.4 Å². The Hall–Kier alpha value is -1.67. The Morgan fingerprint density at radius 1 is 1.43 bits per heavy atom. The number of rotatable bonds is 3. The second-order valence-corrected chi connectivity index (χ2v) is 4.60. The molecule has 1 aliphatic rings. The van der Waals surface area contributed by atoms with Crippen LogP contribution >= 0.6 is 0 Å². The fourth-order valence-electron chi connectivity index (χ4n) is 1.93. The van der Waals surface area contributed by atoms with Crippen molar-refractivity contribution < 1.29 is 27.1 Å². The zero-order valence-corrected chi connectivity index (χ0v) is 11.0. The summed E-state index contributed by atoms with van der Waals surface area (Å²) in [6, 6.07) is 1.74. The quantitative estimate of drug-likeness (QED) is 0.833. The number of hydrogen-bond donors (Lipinski definition) is 2. The molecule has 1 saturated heterocycles. The highest BCUT2D eigenvalue weighted by Crippen LogP contribution is 2.30. The summed E-state index contributed by atoms with van der Waals surface area (Å²) in [6.45, 7) is 1.80. The maximum Gasteiger partial charge on any atom is 0.416 e. The van der Waals surface area contributed by atoms with E-state index in [0.717, 1.165) is 0 Å². The van der Waals surface area contributed by atoms with E-state index in [0.29, 0.717) is 37.9 Å². The zero-order valence-electron chi connectivity index (χ0n) is 11.0. The van der Waals surface area contributed by atoms with Crippen molar-refractivity contribution >= 4 is 5.91 Å². The third kappa shape index (κ3) is 4.15. The lowest BCUT2D eigenvalue weighted by atomic mass is 10.1. The van der Waals surface area contributed by atoms with E-state index in [1.165, 1.54) is 0 Å². The Morgan fingerprint density at radius 3 is 2.81 bits per heavy atom. The Morgan fingerprint density at radius 2 is 2.19 bits per heavy atom. The number of carbonyl (C=O) groups excluding carboxylic acids is 1. The van der Waals surface area contributed by atoms with E-state index in [1.54, 1.807) is 0 Å². The molecule has 0 radical (unpaired) electrons. The van der Waals surface area contributed by atoms with E-state index in [2.05, 4.69) is 10.6 Å². The van der Waals surface area contributed by atoms with Gasteiger partial charge in [-0.05, 0) is 18.2 Å². The summed E-state index contributed by atoms with van der Waals surface area (Å²) in [4.78, 5) is 11.8. The van der Waals surface area contributed by atoms with Crippen molar-refractivity contribution in [3.05, 3.63) is 35.1 Å². The van der Waals surface area contributed by atoms with Gasteiger partial charge in [0.05, 0.1) is 23.8 Å². The summed E-state index contributed by atoms with van der Waals surface area (Å²) >= 11 is 0. The van der Waals surface area contributed by atoms with Crippen LogP contribution in [0.3, 0.4) is 0 Å². The third-order valence-electron chi connectivity index (χ3n) is 3.03. The van der Waals surface area contributed by atoms with Gasteiger partial charge in [0.2, 0.25) is 0 Å². The molecular formula is C13H14F4N2O2. The minimum atomic E-state index is -4.63. The lowest BCUT2D eigenvalue weighted by Crippen LogP contribution is -2.45. The van der Waals surface area contributed by atoms with Crippen LogP contribution in [0.1, 0.15) is 15.9 Å². The van der Waals surface area contributed by atoms with Crippen molar-refractivity contribution in [2.75, 3.05) is 26.2 Å². The van der Waals surface area contributed by atoms with Crippen LogP contribution in [-0.4, -0.2) is 38.3 Å². The largest absolute Gasteiger partial charge is 0.416 e. The molecule has 0 aliphatic carbocycles. The normalized spacial score (nSPS) is 19.3. The first-order valence-corrected chi connectivity index (χ1v) is 6.35. The van der Waals surface area contributed by atoms with E-state index >= 15 is 0 Å². The molecule has 1 aromatic carbocycles. The van der Waals surface area contributed by atoms with Crippen molar-refractivity contribution in [3.8, 4) is 0 Å². The van der Waals surface area contributed by atoms with Crippen LogP contribution < -0.4 is 10.6 Å². The highest BCUT2D eigenvalue weighted by Gasteiger charge is 2.32. The predicted octanol–water partition coefficient (Wildman–Crippen LogP) is 1.56. The molecule has 1 aliphatic heterocycles. The standard InChI is InChI=1S/C13H14F4N2O2/c14-11-2-1-8(13(15,16)17)5-10(11)12(20)19-7-9-6-18-3-4-21-9/h1-2,5,9,18H,3-4,6-7H2,(H,19,20). The average Bonchev–Trinajstić information content (AvgIpc) is 2.45. The fourth-order valence-corrected chi connectivity index (χ4v) is 1.93. The number of benzene rings is 1. The molecule has 0 saturated carbocycles. The molecule has 1 unspecified atom stereocenters. The molecule has 1 fully saturated rings. The highest BCUT2D eigenvalue weighted by atomic mass is 19.4. The van der Waals surface area contributed by atoms with Gasteiger partial charge in [0.25, 0.3) is 5.91 Å². The van der Waals surface area contributed by atoms with Gasteiger partial charge in [0, 0.05) is 19.6 Å². The average molecular weight is 306 g/mol. The molecule has 1 amide bonds. The summed E-state index contributed by atoms with van der Waals surface area (Å²) < 4.78 is 56.5. The third-order valence-corrected chi connectivity index (χ3v) is 3.03. The molecule has 21 heavy (non-hydrogen) atoms. The van der Waals surface area contributed by atoms with Gasteiger partial charge in [0.15, 0.2) is 0 Å². The Bertz CT molecular complexity index is 513. The summed E-state index contributed by atoms with van der Waals surface area (Å²) in [7, 11) is 0. The first-order chi connectivity index (χ1) is 9.88. The van der Waals surface area contributed by atoms with Gasteiger partial charge in [-0.15, -0.1) is 0 Å². The second kappa shape index (κ2) is 6.40. The zero-order chi connectivity index (χ0) is 15.5. The van der Waals surface area contributed by atoms with Crippen LogP contribution in [-0.2, 0) is 10.9 Å². The van der Waals surface area contributed by atoms with Crippen molar-refractivity contribution in [2.45, 2.75) is 12.3 Å². The van der Waals surface area contributed by atoms with Gasteiger partial charge < -0.3 is 15.4 Å². The molecule has 4 nitrogen and oxygen atoms in total. The predicted molar refractivity (Wildman–Crippen MR) is 66.3 cm³/mol. The number of carbonyl (C=O) groups is 1. The molecule has 0 aromatic heterocycles. The Balaban J connectivity index is 2.04. The monoisotopic (exact) mass is 306 g/mol. The van der Waals surface area contributed by atoms with Crippen LogP contribution in [0, 0.1) is 5.82 Å². The number of nitrogens with one attached hydrogen (secondary N) is 2. The van der Waals surface area contributed by atoms with E-state index in [1.807, 2.05) is 0 Å². The minimum Gasteiger partial charge on any atom is -0.374 e. The molecule has 1 heterocycles. The van der Waals surface area contributed by atoms with Crippen LogP contribution in [0.2, 0.25) is 0 Å². The number of alkyl halides is 3. The van der Waals surface area contributed by atoms with Crippen LogP contribution in [0.5, 0.6) is 0 Å². The number of morpholine rings is 1. The van der Waals surface area contributed by atoms with E-state index < -0.39 is 29.0 Å². The summed E-state index contributed by atoms with van der Waals surface area (Å²) in [6.07, 6.45) is -4.91. The first kappa shape index (κ1) is 15.7. The maximum absolute atomic E-state index is 13.5. The maximum atomic E-state index is 13.5. The van der Waals surface area contributed by atoms with Gasteiger partial charge in [-0.25, -0.2) is 4.39 Å². The molecule has 1 atom stereocenters. The number of ether oxygens (including phenoxy) is 1. The lowest BCUT2D eigenvalue weighted by molar-refractivity contribution is -0.137. The highest BCUT2D eigenvalue weighted by molar-refractivity contribution is 5.94. The molecule has 116 valence electrons. The van der Waals surface area contributed by atoms with Gasteiger partial charge in [0.1, 0.15) is 5.82 Å². The summed E-state index contributed by atoms with van der Waals surface area (Å²) in [5, 5.41) is 5.42. The fraction of sp³-hybridized carbons (Fsp3) is 0.462. The summed E-state index contributed by atoms with van der Waals surface area (Å²) in [5.41, 5.74) is -1.70. The van der Waals surface area contributed by atoms with Crippen LogP contribution in [0.25, 0.3) is 0 Å². The van der Waals surface area contributed by atoms with Crippen molar-refractivity contribution in [3.63, 3.8) is 0 Å². The van der Waals surface area contributed by atoms with Crippen molar-refractivity contribution in [2.24, 2.45) is 0 Å². The van der Waals surface area contributed by atoms with E-state index in [4.69, 9.17) is 4.74 Å². The van der Waals surface area contributed by atoms with Gasteiger partial charge in [-0.2, -0.15) is 13.2 Å². The SMILES string of the molecule is O=C(NCC1CNCCO1)c1cc(C(F)(F)F)ccc1F. The van der Waals surface area contributed by atoms with Crippen LogP contribution in [0.4, 0.5) is 17.6 Å². The molecule has 0 spiro atoms. The molecule has 2 rings (SSSR count). The van der Waals surface area contributed by atoms with Gasteiger partial charge in [-0.1, -0.05) is 0 Å². The van der Waals surface area contributed by atoms with Gasteiger partial charge in [-0.3, -0.25) is 4.79 Å². The molecule has 0 bridgehead atoms. The van der Waals surface area contributed by atoms with E-state index in [9.17, 15) is 22.4 Å². The molecule has 1 aromatic rings. The molecular weight excluding hydrogens is 292 g/mol. The molecule has 8 heteroatoms. The molecule has 2 N–H and O–H groups in total. The Labute approximate surface area is 118 Å². The number of amides is 1. The first-order valence-electron chi connectivity index (χ1n) is 6.35. The number of hydrogen-bond acceptors (Lipinski definition) is 3. The number of halogens is 4.